The fraction of sp³-hybridized carbons (Fsp3) is 0.192. The first-order chi connectivity index (χ1) is 15.2. The highest BCUT2D eigenvalue weighted by Crippen LogP contribution is 2.24. The molecule has 0 radical (unpaired) electrons. The molecular weight excluding hydrogens is 386 g/mol. The molecule has 5 nitrogen and oxygen atoms in total. The third-order valence-electron chi connectivity index (χ3n) is 5.40. The largest absolute Gasteiger partial charge is 0.416 e. The van der Waals surface area contributed by atoms with Gasteiger partial charge in [0.1, 0.15) is 0 Å². The van der Waals surface area contributed by atoms with Crippen molar-refractivity contribution in [2.45, 2.75) is 32.9 Å². The van der Waals surface area contributed by atoms with E-state index in [0.29, 0.717) is 23.9 Å². The van der Waals surface area contributed by atoms with E-state index in [1.165, 1.54) is 0 Å². The fourth-order valence-electron chi connectivity index (χ4n) is 3.39. The Morgan fingerprint density at radius 2 is 1.39 bits per heavy atom. The topological polar surface area (TPSA) is 59.2 Å². The molecule has 0 aliphatic rings. The van der Waals surface area contributed by atoms with E-state index in [1.54, 1.807) is 0 Å². The van der Waals surface area contributed by atoms with Crippen molar-refractivity contribution in [1.82, 2.24) is 15.1 Å². The van der Waals surface area contributed by atoms with Gasteiger partial charge in [0.15, 0.2) is 0 Å². The lowest BCUT2D eigenvalue weighted by Crippen LogP contribution is -2.37. The molecule has 156 valence electrons. The van der Waals surface area contributed by atoms with E-state index in [-0.39, 0.29) is 11.9 Å². The van der Waals surface area contributed by atoms with Crippen molar-refractivity contribution in [2.24, 2.45) is 0 Å². The van der Waals surface area contributed by atoms with Crippen LogP contribution in [0, 0.1) is 0 Å². The van der Waals surface area contributed by atoms with Crippen molar-refractivity contribution in [3.8, 4) is 22.9 Å². The van der Waals surface area contributed by atoms with Crippen LogP contribution in [0.4, 0.5) is 0 Å². The summed E-state index contributed by atoms with van der Waals surface area (Å²) in [6.45, 7) is 4.76. The van der Waals surface area contributed by atoms with Crippen molar-refractivity contribution in [3.63, 3.8) is 0 Å². The summed E-state index contributed by atoms with van der Waals surface area (Å²) in [5.41, 5.74) is 3.41. The molecule has 4 rings (SSSR count). The van der Waals surface area contributed by atoms with Gasteiger partial charge in [0.05, 0.1) is 0 Å². The molecule has 1 aromatic heterocycles. The maximum Gasteiger partial charge on any atom is 0.254 e. The molecule has 1 unspecified atom stereocenters. The van der Waals surface area contributed by atoms with Gasteiger partial charge in [0.2, 0.25) is 11.8 Å². The van der Waals surface area contributed by atoms with Gasteiger partial charge in [-0.15, -0.1) is 10.2 Å². The predicted molar refractivity (Wildman–Crippen MR) is 121 cm³/mol. The zero-order chi connectivity index (χ0) is 21.6. The summed E-state index contributed by atoms with van der Waals surface area (Å²) in [7, 11) is 0. The molecule has 1 heterocycles. The zero-order valence-corrected chi connectivity index (χ0v) is 17.7. The van der Waals surface area contributed by atoms with Crippen LogP contribution in [-0.4, -0.2) is 27.0 Å². The number of hydrogen-bond acceptors (Lipinski definition) is 4. The van der Waals surface area contributed by atoms with Crippen LogP contribution in [0.1, 0.15) is 36.2 Å². The highest BCUT2D eigenvalue weighted by molar-refractivity contribution is 5.94. The number of aromatic nitrogens is 2. The van der Waals surface area contributed by atoms with E-state index in [9.17, 15) is 4.79 Å². The Balaban J connectivity index is 1.53. The highest BCUT2D eigenvalue weighted by Gasteiger charge is 2.21. The minimum atomic E-state index is 0.0141. The maximum absolute atomic E-state index is 13.3. The average Bonchev–Trinajstić information content (AvgIpc) is 3.33. The number of carbonyl (C=O) groups is 1. The van der Waals surface area contributed by atoms with Crippen LogP contribution in [0.25, 0.3) is 22.9 Å². The first kappa shape index (κ1) is 20.5. The van der Waals surface area contributed by atoms with Crippen molar-refractivity contribution >= 4 is 5.91 Å². The monoisotopic (exact) mass is 411 g/mol. The SMILES string of the molecule is CCC(C)N(Cc1ccccc1)C(=O)c1ccc(-c2nnc(-c3ccccc3)o2)cc1. The minimum Gasteiger partial charge on any atom is -0.416 e. The van der Waals surface area contributed by atoms with Gasteiger partial charge in [-0.25, -0.2) is 0 Å². The van der Waals surface area contributed by atoms with Crippen LogP contribution >= 0.6 is 0 Å². The van der Waals surface area contributed by atoms with Crippen molar-refractivity contribution in [2.75, 3.05) is 0 Å². The quantitative estimate of drug-likeness (QED) is 0.383. The van der Waals surface area contributed by atoms with Crippen molar-refractivity contribution < 1.29 is 9.21 Å². The van der Waals surface area contributed by atoms with E-state index in [2.05, 4.69) is 24.0 Å². The third-order valence-corrected chi connectivity index (χ3v) is 5.40. The van der Waals surface area contributed by atoms with Gasteiger partial charge in [0, 0.05) is 29.3 Å². The van der Waals surface area contributed by atoms with Gasteiger partial charge in [-0.3, -0.25) is 4.79 Å². The normalized spacial score (nSPS) is 11.8. The summed E-state index contributed by atoms with van der Waals surface area (Å²) in [4.78, 5) is 15.2. The standard InChI is InChI=1S/C26H25N3O2/c1-3-19(2)29(18-20-10-6-4-7-11-20)26(30)23-16-14-22(15-17-23)25-28-27-24(31-25)21-12-8-5-9-13-21/h4-17,19H,3,18H2,1-2H3. The molecule has 0 aliphatic heterocycles. The molecule has 31 heavy (non-hydrogen) atoms. The smallest absolute Gasteiger partial charge is 0.254 e. The van der Waals surface area contributed by atoms with Crippen molar-refractivity contribution in [3.05, 3.63) is 96.1 Å². The molecule has 3 aromatic carbocycles. The van der Waals surface area contributed by atoms with Crippen LogP contribution in [0.3, 0.4) is 0 Å². The number of carbonyl (C=O) groups excluding carboxylic acids is 1. The van der Waals surface area contributed by atoms with Gasteiger partial charge in [0.25, 0.3) is 5.91 Å². The Hall–Kier alpha value is -3.73. The second kappa shape index (κ2) is 9.39. The first-order valence-electron chi connectivity index (χ1n) is 10.5. The molecule has 0 saturated heterocycles. The second-order valence-electron chi connectivity index (χ2n) is 7.53. The van der Waals surface area contributed by atoms with E-state index < -0.39 is 0 Å². The number of hydrogen-bond donors (Lipinski definition) is 0. The Bertz CT molecular complexity index is 1120. The maximum atomic E-state index is 13.3. The Kier molecular flexibility index (Phi) is 6.22. The summed E-state index contributed by atoms with van der Waals surface area (Å²) in [5, 5.41) is 8.30. The minimum absolute atomic E-state index is 0.0141. The van der Waals surface area contributed by atoms with Gasteiger partial charge in [-0.1, -0.05) is 55.5 Å². The summed E-state index contributed by atoms with van der Waals surface area (Å²) in [5.74, 6) is 0.919. The highest BCUT2D eigenvalue weighted by atomic mass is 16.4. The van der Waals surface area contributed by atoms with Crippen molar-refractivity contribution in [1.29, 1.82) is 0 Å². The van der Waals surface area contributed by atoms with Crippen LogP contribution in [0.5, 0.6) is 0 Å². The molecule has 4 aromatic rings. The Morgan fingerprint density at radius 3 is 1.97 bits per heavy atom. The predicted octanol–water partition coefficient (Wildman–Crippen LogP) is 5.84. The Morgan fingerprint density at radius 1 is 0.839 bits per heavy atom. The average molecular weight is 412 g/mol. The van der Waals surface area contributed by atoms with Gasteiger partial charge in [-0.2, -0.15) is 0 Å². The summed E-state index contributed by atoms with van der Waals surface area (Å²) >= 11 is 0. The number of amides is 1. The number of benzene rings is 3. The second-order valence-corrected chi connectivity index (χ2v) is 7.53. The molecule has 0 spiro atoms. The van der Waals surface area contributed by atoms with Crippen LogP contribution < -0.4 is 0 Å². The molecular formula is C26H25N3O2. The van der Waals surface area contributed by atoms with Gasteiger partial charge < -0.3 is 9.32 Å². The Labute approximate surface area is 182 Å². The van der Waals surface area contributed by atoms with Gasteiger partial charge in [-0.05, 0) is 55.3 Å². The molecule has 0 aliphatic carbocycles. The molecule has 0 saturated carbocycles. The lowest BCUT2D eigenvalue weighted by molar-refractivity contribution is 0.0671. The fourth-order valence-corrected chi connectivity index (χ4v) is 3.39. The zero-order valence-electron chi connectivity index (χ0n) is 17.7. The first-order valence-corrected chi connectivity index (χ1v) is 10.5. The molecule has 1 atom stereocenters. The molecule has 0 N–H and O–H groups in total. The van der Waals surface area contributed by atoms with Gasteiger partial charge >= 0.3 is 0 Å². The molecule has 0 bridgehead atoms. The molecule has 0 fully saturated rings. The number of rotatable bonds is 7. The molecule has 5 heteroatoms. The summed E-state index contributed by atoms with van der Waals surface area (Å²) in [6.07, 6.45) is 0.890. The van der Waals surface area contributed by atoms with E-state index in [1.807, 2.05) is 89.8 Å². The summed E-state index contributed by atoms with van der Waals surface area (Å²) < 4.78 is 5.82. The van der Waals surface area contributed by atoms with E-state index in [0.717, 1.165) is 23.1 Å². The summed E-state index contributed by atoms with van der Waals surface area (Å²) in [6, 6.07) is 27.2. The van der Waals surface area contributed by atoms with E-state index in [4.69, 9.17) is 4.42 Å². The molecule has 1 amide bonds. The van der Waals surface area contributed by atoms with E-state index >= 15 is 0 Å². The van der Waals surface area contributed by atoms with Crippen LogP contribution in [0.2, 0.25) is 0 Å². The van der Waals surface area contributed by atoms with Crippen LogP contribution in [-0.2, 0) is 6.54 Å². The lowest BCUT2D eigenvalue weighted by atomic mass is 10.1. The lowest BCUT2D eigenvalue weighted by Gasteiger charge is -2.29. The third kappa shape index (κ3) is 4.72. The number of nitrogens with zero attached hydrogens (tertiary/aromatic N) is 3. The van der Waals surface area contributed by atoms with Crippen LogP contribution in [0.15, 0.2) is 89.3 Å².